The van der Waals surface area contributed by atoms with E-state index in [0.29, 0.717) is 6.54 Å². The van der Waals surface area contributed by atoms with Crippen molar-refractivity contribution >= 4 is 0 Å². The van der Waals surface area contributed by atoms with E-state index in [4.69, 9.17) is 5.11 Å². The predicted octanol–water partition coefficient (Wildman–Crippen LogP) is -0.523. The van der Waals surface area contributed by atoms with Crippen LogP contribution < -0.4 is 5.56 Å². The van der Waals surface area contributed by atoms with Gasteiger partial charge in [-0.1, -0.05) is 0 Å². The molecule has 4 nitrogen and oxygen atoms in total. The molecule has 0 radical (unpaired) electrons. The van der Waals surface area contributed by atoms with Gasteiger partial charge in [-0.3, -0.25) is 14.6 Å². The van der Waals surface area contributed by atoms with Crippen LogP contribution in [-0.4, -0.2) is 21.5 Å². The normalized spacial score (nSPS) is 10.2. The van der Waals surface area contributed by atoms with Gasteiger partial charge in [0.2, 0.25) is 0 Å². The summed E-state index contributed by atoms with van der Waals surface area (Å²) in [5.41, 5.74) is 0.727. The second kappa shape index (κ2) is 2.70. The van der Waals surface area contributed by atoms with Crippen LogP contribution in [0.4, 0.5) is 0 Å². The molecule has 0 bridgehead atoms. The number of aryl methyl sites for hydroxylation is 1. The zero-order valence-electron chi connectivity index (χ0n) is 5.79. The van der Waals surface area contributed by atoms with Gasteiger partial charge in [-0.05, 0) is 6.92 Å². The molecule has 0 fully saturated rings. The second-order valence-electron chi connectivity index (χ2n) is 2.15. The second-order valence-corrected chi connectivity index (χ2v) is 2.15. The van der Waals surface area contributed by atoms with E-state index >= 15 is 0 Å². The molecule has 0 saturated carbocycles. The first-order valence-corrected chi connectivity index (χ1v) is 3.11. The molecule has 0 aliphatic heterocycles. The van der Waals surface area contributed by atoms with Gasteiger partial charge in [-0.25, -0.2) is 0 Å². The predicted molar refractivity (Wildman–Crippen MR) is 36.9 cm³/mol. The Balaban J connectivity index is 2.92. The monoisotopic (exact) mass is 142 g/mol. The van der Waals surface area contributed by atoms with E-state index in [0.717, 1.165) is 5.69 Å². The lowest BCUT2D eigenvalue weighted by atomic mass is 10.5. The molecule has 56 valence electrons. The maximum absolute atomic E-state index is 10.9. The molecule has 0 saturated heterocycles. The molecule has 0 spiro atoms. The summed E-state index contributed by atoms with van der Waals surface area (Å²) < 4.78 is 1.37. The van der Waals surface area contributed by atoms with Crippen LogP contribution in [0, 0.1) is 6.92 Å². The number of aliphatic hydroxyl groups is 1. The first kappa shape index (κ1) is 7.08. The third kappa shape index (κ3) is 1.27. The average Bonchev–Trinajstić information content (AvgIpc) is 2.13. The number of aromatic nitrogens is 2. The number of hydrogen-bond donors (Lipinski definition) is 2. The minimum atomic E-state index is -0.0912. The molecule has 0 aromatic carbocycles. The van der Waals surface area contributed by atoms with Crippen molar-refractivity contribution in [1.82, 2.24) is 9.78 Å². The van der Waals surface area contributed by atoms with E-state index in [-0.39, 0.29) is 12.2 Å². The SMILES string of the molecule is Cc1cc(=O)n(CCO)[nH]1. The molecule has 0 atom stereocenters. The summed E-state index contributed by atoms with van der Waals surface area (Å²) in [6.07, 6.45) is 0. The molecular formula is C6H10N2O2. The maximum Gasteiger partial charge on any atom is 0.266 e. The minimum absolute atomic E-state index is 0.0140. The molecule has 4 heteroatoms. The summed E-state index contributed by atoms with van der Waals surface area (Å²) in [6.45, 7) is 2.13. The Morgan fingerprint density at radius 1 is 1.80 bits per heavy atom. The maximum atomic E-state index is 10.9. The largest absolute Gasteiger partial charge is 0.394 e. The van der Waals surface area contributed by atoms with Crippen molar-refractivity contribution < 1.29 is 5.11 Å². The Bertz CT molecular complexity index is 261. The van der Waals surface area contributed by atoms with E-state index in [2.05, 4.69) is 5.10 Å². The molecule has 2 N–H and O–H groups in total. The zero-order valence-corrected chi connectivity index (χ0v) is 5.79. The highest BCUT2D eigenvalue weighted by molar-refractivity contribution is 4.95. The fourth-order valence-electron chi connectivity index (χ4n) is 0.829. The van der Waals surface area contributed by atoms with Crippen molar-refractivity contribution in [2.75, 3.05) is 6.61 Å². The van der Waals surface area contributed by atoms with Crippen LogP contribution in [-0.2, 0) is 6.54 Å². The smallest absolute Gasteiger partial charge is 0.266 e. The van der Waals surface area contributed by atoms with Crippen molar-refractivity contribution in [3.63, 3.8) is 0 Å². The summed E-state index contributed by atoms with van der Waals surface area (Å²) in [7, 11) is 0. The third-order valence-corrected chi connectivity index (χ3v) is 1.24. The van der Waals surface area contributed by atoms with Gasteiger partial charge in [0, 0.05) is 11.8 Å². The number of aromatic amines is 1. The Morgan fingerprint density at radius 3 is 2.90 bits per heavy atom. The highest BCUT2D eigenvalue weighted by Gasteiger charge is 1.95. The van der Waals surface area contributed by atoms with Gasteiger partial charge in [-0.2, -0.15) is 0 Å². The van der Waals surface area contributed by atoms with E-state index < -0.39 is 0 Å². The number of aliphatic hydroxyl groups excluding tert-OH is 1. The molecule has 0 unspecified atom stereocenters. The fraction of sp³-hybridized carbons (Fsp3) is 0.500. The topological polar surface area (TPSA) is 58.0 Å². The molecule has 1 rings (SSSR count). The van der Waals surface area contributed by atoms with E-state index in [1.54, 1.807) is 6.92 Å². The molecule has 1 aromatic heterocycles. The number of hydrogen-bond acceptors (Lipinski definition) is 2. The fourth-order valence-corrected chi connectivity index (χ4v) is 0.829. The lowest BCUT2D eigenvalue weighted by Gasteiger charge is -1.94. The van der Waals surface area contributed by atoms with Crippen LogP contribution in [0.1, 0.15) is 5.69 Å². The highest BCUT2D eigenvalue weighted by Crippen LogP contribution is 1.83. The van der Waals surface area contributed by atoms with Gasteiger partial charge in [0.1, 0.15) is 0 Å². The Labute approximate surface area is 58.1 Å². The zero-order chi connectivity index (χ0) is 7.56. The highest BCUT2D eigenvalue weighted by atomic mass is 16.3. The van der Waals surface area contributed by atoms with Gasteiger partial charge in [0.25, 0.3) is 5.56 Å². The standard InChI is InChI=1S/C6H10N2O2/c1-5-4-6(10)8(7-5)2-3-9/h4,7,9H,2-3H2,1H3. The van der Waals surface area contributed by atoms with E-state index in [1.165, 1.54) is 10.7 Å². The van der Waals surface area contributed by atoms with E-state index in [9.17, 15) is 4.79 Å². The quantitative estimate of drug-likeness (QED) is 0.583. The summed E-state index contributed by atoms with van der Waals surface area (Å²) in [6, 6.07) is 1.50. The van der Waals surface area contributed by atoms with Gasteiger partial charge >= 0.3 is 0 Å². The van der Waals surface area contributed by atoms with Crippen LogP contribution in [0.15, 0.2) is 10.9 Å². The number of rotatable bonds is 2. The van der Waals surface area contributed by atoms with Crippen molar-refractivity contribution in [2.24, 2.45) is 0 Å². The summed E-state index contributed by atoms with van der Waals surface area (Å²) in [5, 5.41) is 11.3. The van der Waals surface area contributed by atoms with Crippen molar-refractivity contribution in [3.05, 3.63) is 22.1 Å². The van der Waals surface area contributed by atoms with Gasteiger partial charge in [-0.15, -0.1) is 0 Å². The number of H-pyrrole nitrogens is 1. The number of nitrogens with one attached hydrogen (secondary N) is 1. The first-order chi connectivity index (χ1) is 4.74. The van der Waals surface area contributed by atoms with Gasteiger partial charge in [0.05, 0.1) is 13.2 Å². The van der Waals surface area contributed by atoms with Crippen LogP contribution in [0.3, 0.4) is 0 Å². The lowest BCUT2D eigenvalue weighted by molar-refractivity contribution is 0.267. The van der Waals surface area contributed by atoms with Gasteiger partial charge < -0.3 is 5.11 Å². The molecule has 1 aromatic rings. The molecule has 0 aliphatic carbocycles. The summed E-state index contributed by atoms with van der Waals surface area (Å²) >= 11 is 0. The molecule has 1 heterocycles. The summed E-state index contributed by atoms with van der Waals surface area (Å²) in [5.74, 6) is 0. The molecule has 0 amide bonds. The van der Waals surface area contributed by atoms with Crippen molar-refractivity contribution in [3.8, 4) is 0 Å². The van der Waals surface area contributed by atoms with Crippen LogP contribution >= 0.6 is 0 Å². The molecule has 0 aliphatic rings. The number of nitrogens with zero attached hydrogens (tertiary/aromatic N) is 1. The minimum Gasteiger partial charge on any atom is -0.394 e. The Morgan fingerprint density at radius 2 is 2.50 bits per heavy atom. The third-order valence-electron chi connectivity index (χ3n) is 1.24. The average molecular weight is 142 g/mol. The molecular weight excluding hydrogens is 132 g/mol. The van der Waals surface area contributed by atoms with Gasteiger partial charge in [0.15, 0.2) is 0 Å². The van der Waals surface area contributed by atoms with Crippen LogP contribution in [0.25, 0.3) is 0 Å². The van der Waals surface area contributed by atoms with Crippen molar-refractivity contribution in [2.45, 2.75) is 13.5 Å². The Hall–Kier alpha value is -1.03. The van der Waals surface area contributed by atoms with Crippen LogP contribution in [0.2, 0.25) is 0 Å². The summed E-state index contributed by atoms with van der Waals surface area (Å²) in [4.78, 5) is 10.9. The van der Waals surface area contributed by atoms with Crippen molar-refractivity contribution in [1.29, 1.82) is 0 Å². The van der Waals surface area contributed by atoms with Crippen LogP contribution in [0.5, 0.6) is 0 Å². The van der Waals surface area contributed by atoms with E-state index in [1.807, 2.05) is 0 Å². The first-order valence-electron chi connectivity index (χ1n) is 3.11. The molecule has 10 heavy (non-hydrogen) atoms. The Kier molecular flexibility index (Phi) is 1.91. The lowest BCUT2D eigenvalue weighted by Crippen LogP contribution is -2.17.